The van der Waals surface area contributed by atoms with E-state index in [-0.39, 0.29) is 4.87 Å². The molecule has 0 fully saturated rings. The van der Waals surface area contributed by atoms with Gasteiger partial charge in [-0.05, 0) is 25.2 Å². The van der Waals surface area contributed by atoms with Crippen molar-refractivity contribution in [2.24, 2.45) is 5.92 Å². The van der Waals surface area contributed by atoms with Gasteiger partial charge in [-0.3, -0.25) is 0 Å². The van der Waals surface area contributed by atoms with Crippen molar-refractivity contribution < 1.29 is 0 Å². The summed E-state index contributed by atoms with van der Waals surface area (Å²) in [5.74, 6) is 0.726. The highest BCUT2D eigenvalue weighted by atomic mass is 35.5. The average Bonchev–Trinajstić information content (AvgIpc) is 2.44. The van der Waals surface area contributed by atoms with Crippen molar-refractivity contribution in [3.05, 3.63) is 0 Å². The fourth-order valence-corrected chi connectivity index (χ4v) is 3.87. The smallest absolute Gasteiger partial charge is 0.0474 e. The monoisotopic (exact) mass is 302 g/mol. The number of rotatable bonds is 14. The molecular formula is C19H39Cl. The Bertz CT molecular complexity index is 190. The van der Waals surface area contributed by atoms with Crippen molar-refractivity contribution in [2.45, 2.75) is 116 Å². The van der Waals surface area contributed by atoms with Crippen LogP contribution in [0, 0.1) is 5.92 Å². The zero-order chi connectivity index (χ0) is 15.3. The number of halogens is 1. The first-order valence-corrected chi connectivity index (χ1v) is 9.71. The van der Waals surface area contributed by atoms with Crippen LogP contribution in [0.25, 0.3) is 0 Å². The molecule has 0 aromatic heterocycles. The SMILES string of the molecule is CCCCCC(CC)C(Cl)(CCCCC)CCCCC. The molecule has 0 aromatic carbocycles. The van der Waals surface area contributed by atoms with Gasteiger partial charge >= 0.3 is 0 Å². The van der Waals surface area contributed by atoms with E-state index in [2.05, 4.69) is 27.7 Å². The minimum Gasteiger partial charge on any atom is -0.119 e. The molecule has 0 heterocycles. The van der Waals surface area contributed by atoms with E-state index in [0.29, 0.717) is 0 Å². The average molecular weight is 303 g/mol. The molecule has 20 heavy (non-hydrogen) atoms. The molecule has 1 heteroatoms. The van der Waals surface area contributed by atoms with E-state index in [0.717, 1.165) is 5.92 Å². The van der Waals surface area contributed by atoms with Gasteiger partial charge in [0, 0.05) is 4.87 Å². The minimum atomic E-state index is 0.0901. The maximum atomic E-state index is 7.16. The lowest BCUT2D eigenvalue weighted by atomic mass is 9.78. The Morgan fingerprint density at radius 1 is 0.700 bits per heavy atom. The lowest BCUT2D eigenvalue weighted by Crippen LogP contribution is -2.32. The summed E-state index contributed by atoms with van der Waals surface area (Å²) in [6.45, 7) is 9.20. The molecule has 1 unspecified atom stereocenters. The lowest BCUT2D eigenvalue weighted by molar-refractivity contribution is 0.279. The third-order valence-corrected chi connectivity index (χ3v) is 5.46. The van der Waals surface area contributed by atoms with Crippen LogP contribution in [0.4, 0.5) is 0 Å². The highest BCUT2D eigenvalue weighted by Crippen LogP contribution is 2.41. The standard InChI is InChI=1S/C19H39Cl/c1-5-9-12-15-18(8-4)19(20,16-13-10-6-2)17-14-11-7-3/h18H,5-17H2,1-4H3. The van der Waals surface area contributed by atoms with Crippen LogP contribution in [0.2, 0.25) is 0 Å². The van der Waals surface area contributed by atoms with Crippen molar-refractivity contribution in [1.29, 1.82) is 0 Å². The predicted octanol–water partition coefficient (Wildman–Crippen LogP) is 7.73. The van der Waals surface area contributed by atoms with Crippen LogP contribution in [0.3, 0.4) is 0 Å². The summed E-state index contributed by atoms with van der Waals surface area (Å²) in [5, 5.41) is 0. The zero-order valence-corrected chi connectivity index (χ0v) is 15.4. The highest BCUT2D eigenvalue weighted by Gasteiger charge is 2.34. The van der Waals surface area contributed by atoms with Crippen molar-refractivity contribution >= 4 is 11.6 Å². The Morgan fingerprint density at radius 2 is 1.15 bits per heavy atom. The van der Waals surface area contributed by atoms with Gasteiger partial charge in [0.05, 0.1) is 0 Å². The maximum absolute atomic E-state index is 7.16. The Morgan fingerprint density at radius 3 is 1.55 bits per heavy atom. The van der Waals surface area contributed by atoms with Crippen molar-refractivity contribution in [3.63, 3.8) is 0 Å². The Labute approximate surface area is 134 Å². The van der Waals surface area contributed by atoms with Gasteiger partial charge < -0.3 is 0 Å². The third kappa shape index (κ3) is 8.55. The first-order valence-electron chi connectivity index (χ1n) is 9.33. The van der Waals surface area contributed by atoms with Gasteiger partial charge in [0.25, 0.3) is 0 Å². The van der Waals surface area contributed by atoms with Gasteiger partial charge in [0.1, 0.15) is 0 Å². The molecule has 0 bridgehead atoms. The van der Waals surface area contributed by atoms with E-state index >= 15 is 0 Å². The summed E-state index contributed by atoms with van der Waals surface area (Å²) in [7, 11) is 0. The van der Waals surface area contributed by atoms with E-state index < -0.39 is 0 Å². The molecule has 0 N–H and O–H groups in total. The lowest BCUT2D eigenvalue weighted by Gasteiger charge is -2.36. The second-order valence-corrected chi connectivity index (χ2v) is 7.30. The first-order chi connectivity index (χ1) is 9.64. The van der Waals surface area contributed by atoms with Crippen LogP contribution in [0.1, 0.15) is 111 Å². The fourth-order valence-electron chi connectivity index (χ4n) is 3.34. The summed E-state index contributed by atoms with van der Waals surface area (Å²) >= 11 is 7.16. The molecule has 0 aromatic rings. The predicted molar refractivity (Wildman–Crippen MR) is 94.8 cm³/mol. The molecule has 1 atom stereocenters. The quantitative estimate of drug-likeness (QED) is 0.227. The summed E-state index contributed by atoms with van der Waals surface area (Å²) in [4.78, 5) is 0.0901. The first kappa shape index (κ1) is 20.3. The van der Waals surface area contributed by atoms with Crippen LogP contribution < -0.4 is 0 Å². The summed E-state index contributed by atoms with van der Waals surface area (Å²) in [5.41, 5.74) is 0. The second kappa shape index (κ2) is 13.0. The molecule has 0 nitrogen and oxygen atoms in total. The summed E-state index contributed by atoms with van der Waals surface area (Å²) in [6.07, 6.45) is 17.0. The van der Waals surface area contributed by atoms with Gasteiger partial charge in [-0.25, -0.2) is 0 Å². The van der Waals surface area contributed by atoms with Gasteiger partial charge in [0.2, 0.25) is 0 Å². The normalized spacial score (nSPS) is 13.7. The Hall–Kier alpha value is 0.290. The van der Waals surface area contributed by atoms with Crippen molar-refractivity contribution in [3.8, 4) is 0 Å². The molecule has 0 aliphatic rings. The highest BCUT2D eigenvalue weighted by molar-refractivity contribution is 6.24. The van der Waals surface area contributed by atoms with E-state index in [1.807, 2.05) is 0 Å². The summed E-state index contributed by atoms with van der Waals surface area (Å²) < 4.78 is 0. The second-order valence-electron chi connectivity index (χ2n) is 6.55. The maximum Gasteiger partial charge on any atom is 0.0474 e. The number of hydrogen-bond acceptors (Lipinski definition) is 0. The molecule has 0 spiro atoms. The molecule has 122 valence electrons. The van der Waals surface area contributed by atoms with E-state index in [4.69, 9.17) is 11.6 Å². The van der Waals surface area contributed by atoms with E-state index in [1.54, 1.807) is 0 Å². The summed E-state index contributed by atoms with van der Waals surface area (Å²) in [6, 6.07) is 0. The topological polar surface area (TPSA) is 0 Å². The number of unbranched alkanes of at least 4 members (excludes halogenated alkanes) is 6. The Kier molecular flexibility index (Phi) is 13.2. The van der Waals surface area contributed by atoms with Crippen molar-refractivity contribution in [1.82, 2.24) is 0 Å². The van der Waals surface area contributed by atoms with Crippen LogP contribution in [0.5, 0.6) is 0 Å². The van der Waals surface area contributed by atoms with Gasteiger partial charge in [-0.15, -0.1) is 11.6 Å². The van der Waals surface area contributed by atoms with Gasteiger partial charge in [-0.1, -0.05) is 91.9 Å². The van der Waals surface area contributed by atoms with Crippen LogP contribution in [-0.2, 0) is 0 Å². The molecule has 0 saturated heterocycles. The van der Waals surface area contributed by atoms with E-state index in [1.165, 1.54) is 83.5 Å². The molecular weight excluding hydrogens is 264 g/mol. The third-order valence-electron chi connectivity index (χ3n) is 4.77. The number of hydrogen-bond donors (Lipinski definition) is 0. The fraction of sp³-hybridized carbons (Fsp3) is 1.00. The molecule has 0 rings (SSSR count). The molecule has 0 amide bonds. The Balaban J connectivity index is 4.48. The van der Waals surface area contributed by atoms with Crippen LogP contribution >= 0.6 is 11.6 Å². The minimum absolute atomic E-state index is 0.0901. The van der Waals surface area contributed by atoms with Crippen LogP contribution in [0.15, 0.2) is 0 Å². The number of alkyl halides is 1. The molecule has 0 radical (unpaired) electrons. The van der Waals surface area contributed by atoms with Crippen LogP contribution in [-0.4, -0.2) is 4.87 Å². The van der Waals surface area contributed by atoms with Crippen molar-refractivity contribution in [2.75, 3.05) is 0 Å². The molecule has 0 aliphatic heterocycles. The molecule has 0 aliphatic carbocycles. The molecule has 0 saturated carbocycles. The largest absolute Gasteiger partial charge is 0.119 e. The van der Waals surface area contributed by atoms with Gasteiger partial charge in [-0.2, -0.15) is 0 Å². The van der Waals surface area contributed by atoms with E-state index in [9.17, 15) is 0 Å². The van der Waals surface area contributed by atoms with Gasteiger partial charge in [0.15, 0.2) is 0 Å². The zero-order valence-electron chi connectivity index (χ0n) is 14.6.